The summed E-state index contributed by atoms with van der Waals surface area (Å²) >= 11 is 5.76. The van der Waals surface area contributed by atoms with Crippen molar-refractivity contribution in [1.82, 2.24) is 5.32 Å². The predicted octanol–water partition coefficient (Wildman–Crippen LogP) is 3.05. The molecule has 2 atom stereocenters. The molecule has 0 saturated carbocycles. The molecule has 0 aliphatic carbocycles. The van der Waals surface area contributed by atoms with Crippen molar-refractivity contribution >= 4 is 29.3 Å². The number of anilines is 1. The number of amides is 2. The van der Waals surface area contributed by atoms with Crippen molar-refractivity contribution in [1.29, 1.82) is 0 Å². The lowest BCUT2D eigenvalue weighted by Crippen LogP contribution is -2.47. The highest BCUT2D eigenvalue weighted by Gasteiger charge is 2.26. The third kappa shape index (κ3) is 4.74. The molecule has 1 aromatic carbocycles. The maximum Gasteiger partial charge on any atom is 0.328 e. The molecule has 20 heavy (non-hydrogen) atoms. The minimum atomic E-state index is -0.669. The SMILES string of the molecule is CCC(C)C(NC(=O)Nc1ccc(Cl)cc1)C(=O)OC. The third-order valence-corrected chi connectivity index (χ3v) is 3.31. The van der Waals surface area contributed by atoms with Crippen molar-refractivity contribution in [2.24, 2.45) is 5.92 Å². The molecule has 2 unspecified atom stereocenters. The largest absolute Gasteiger partial charge is 0.467 e. The lowest BCUT2D eigenvalue weighted by molar-refractivity contribution is -0.144. The van der Waals surface area contributed by atoms with Crippen LogP contribution in [-0.4, -0.2) is 25.2 Å². The first-order valence-electron chi connectivity index (χ1n) is 6.38. The Kier molecular flexibility index (Phi) is 6.31. The van der Waals surface area contributed by atoms with Gasteiger partial charge in [-0.15, -0.1) is 0 Å². The van der Waals surface area contributed by atoms with Gasteiger partial charge in [-0.3, -0.25) is 0 Å². The van der Waals surface area contributed by atoms with Crippen molar-refractivity contribution in [3.05, 3.63) is 29.3 Å². The lowest BCUT2D eigenvalue weighted by Gasteiger charge is -2.22. The van der Waals surface area contributed by atoms with E-state index in [0.717, 1.165) is 6.42 Å². The highest BCUT2D eigenvalue weighted by molar-refractivity contribution is 6.30. The van der Waals surface area contributed by atoms with Gasteiger partial charge in [-0.2, -0.15) is 0 Å². The van der Waals surface area contributed by atoms with Crippen molar-refractivity contribution in [2.45, 2.75) is 26.3 Å². The number of rotatable bonds is 5. The Labute approximate surface area is 123 Å². The zero-order valence-electron chi connectivity index (χ0n) is 11.8. The minimum absolute atomic E-state index is 0.0154. The minimum Gasteiger partial charge on any atom is -0.467 e. The molecule has 1 aromatic rings. The summed E-state index contributed by atoms with van der Waals surface area (Å²) in [5.41, 5.74) is 0.597. The van der Waals surface area contributed by atoms with E-state index in [1.165, 1.54) is 7.11 Å². The fraction of sp³-hybridized carbons (Fsp3) is 0.429. The highest BCUT2D eigenvalue weighted by Crippen LogP contribution is 2.14. The molecule has 0 fully saturated rings. The van der Waals surface area contributed by atoms with Crippen LogP contribution in [0.3, 0.4) is 0 Å². The number of hydrogen-bond donors (Lipinski definition) is 2. The highest BCUT2D eigenvalue weighted by atomic mass is 35.5. The lowest BCUT2D eigenvalue weighted by atomic mass is 9.99. The van der Waals surface area contributed by atoms with Crippen LogP contribution in [0.2, 0.25) is 5.02 Å². The van der Waals surface area contributed by atoms with E-state index in [2.05, 4.69) is 10.6 Å². The zero-order valence-corrected chi connectivity index (χ0v) is 12.5. The average Bonchev–Trinajstić information content (AvgIpc) is 2.45. The van der Waals surface area contributed by atoms with Gasteiger partial charge in [0, 0.05) is 10.7 Å². The Morgan fingerprint density at radius 1 is 1.30 bits per heavy atom. The normalized spacial score (nSPS) is 13.2. The number of urea groups is 1. The fourth-order valence-corrected chi connectivity index (χ4v) is 1.76. The van der Waals surface area contributed by atoms with Gasteiger partial charge in [0.25, 0.3) is 0 Å². The molecule has 5 nitrogen and oxygen atoms in total. The molecular formula is C14H19ClN2O3. The van der Waals surface area contributed by atoms with Gasteiger partial charge < -0.3 is 15.4 Å². The van der Waals surface area contributed by atoms with Crippen LogP contribution in [-0.2, 0) is 9.53 Å². The standard InChI is InChI=1S/C14H19ClN2O3/c1-4-9(2)12(13(18)20-3)17-14(19)16-11-7-5-10(15)6-8-11/h5-9,12H,4H2,1-3H3,(H2,16,17,19). The van der Waals surface area contributed by atoms with E-state index in [0.29, 0.717) is 10.7 Å². The number of benzene rings is 1. The topological polar surface area (TPSA) is 67.4 Å². The van der Waals surface area contributed by atoms with Crippen LogP contribution in [0.15, 0.2) is 24.3 Å². The number of methoxy groups -OCH3 is 1. The summed E-state index contributed by atoms with van der Waals surface area (Å²) in [6, 6.07) is 5.57. The Bertz CT molecular complexity index is 462. The summed E-state index contributed by atoms with van der Waals surface area (Å²) < 4.78 is 4.70. The van der Waals surface area contributed by atoms with E-state index in [1.807, 2.05) is 13.8 Å². The number of halogens is 1. The number of carbonyl (C=O) groups excluding carboxylic acids is 2. The smallest absolute Gasteiger partial charge is 0.328 e. The maximum absolute atomic E-state index is 11.9. The molecule has 0 saturated heterocycles. The molecule has 0 aliphatic heterocycles. The van der Waals surface area contributed by atoms with Crippen LogP contribution in [0.25, 0.3) is 0 Å². The van der Waals surface area contributed by atoms with E-state index in [9.17, 15) is 9.59 Å². The third-order valence-electron chi connectivity index (χ3n) is 3.06. The van der Waals surface area contributed by atoms with Crippen LogP contribution in [0.4, 0.5) is 10.5 Å². The molecular weight excluding hydrogens is 280 g/mol. The van der Waals surface area contributed by atoms with Crippen molar-refractivity contribution < 1.29 is 14.3 Å². The molecule has 2 N–H and O–H groups in total. The van der Waals surface area contributed by atoms with Gasteiger partial charge in [-0.05, 0) is 30.2 Å². The molecule has 0 aromatic heterocycles. The van der Waals surface area contributed by atoms with E-state index in [-0.39, 0.29) is 5.92 Å². The second-order valence-electron chi connectivity index (χ2n) is 4.49. The van der Waals surface area contributed by atoms with Crippen LogP contribution in [0.5, 0.6) is 0 Å². The zero-order chi connectivity index (χ0) is 15.1. The van der Waals surface area contributed by atoms with Gasteiger partial charge in [0.2, 0.25) is 0 Å². The Hall–Kier alpha value is -1.75. The number of carbonyl (C=O) groups is 2. The van der Waals surface area contributed by atoms with E-state index in [4.69, 9.17) is 16.3 Å². The first-order chi connectivity index (χ1) is 9.47. The first-order valence-corrected chi connectivity index (χ1v) is 6.76. The molecule has 0 radical (unpaired) electrons. The van der Waals surface area contributed by atoms with E-state index in [1.54, 1.807) is 24.3 Å². The number of hydrogen-bond acceptors (Lipinski definition) is 3. The number of nitrogens with one attached hydrogen (secondary N) is 2. The second-order valence-corrected chi connectivity index (χ2v) is 4.93. The van der Waals surface area contributed by atoms with Gasteiger partial charge in [0.15, 0.2) is 0 Å². The summed E-state index contributed by atoms with van der Waals surface area (Å²) in [4.78, 5) is 23.5. The summed E-state index contributed by atoms with van der Waals surface area (Å²) in [5, 5.41) is 5.85. The van der Waals surface area contributed by atoms with Gasteiger partial charge >= 0.3 is 12.0 Å². The van der Waals surface area contributed by atoms with Crippen LogP contribution in [0.1, 0.15) is 20.3 Å². The number of esters is 1. The summed E-state index contributed by atoms with van der Waals surface area (Å²) in [5.74, 6) is -0.468. The molecule has 2 amide bonds. The average molecular weight is 299 g/mol. The van der Waals surface area contributed by atoms with Crippen molar-refractivity contribution in [3.8, 4) is 0 Å². The summed E-state index contributed by atoms with van der Waals surface area (Å²) in [6.07, 6.45) is 0.751. The fourth-order valence-electron chi connectivity index (χ4n) is 1.64. The van der Waals surface area contributed by atoms with Crippen LogP contribution >= 0.6 is 11.6 Å². The maximum atomic E-state index is 11.9. The first kappa shape index (κ1) is 16.3. The second kappa shape index (κ2) is 7.75. The summed E-state index contributed by atoms with van der Waals surface area (Å²) in [7, 11) is 1.30. The molecule has 0 aliphatic rings. The molecule has 0 heterocycles. The Morgan fingerprint density at radius 3 is 2.40 bits per heavy atom. The van der Waals surface area contributed by atoms with Gasteiger partial charge in [-0.1, -0.05) is 31.9 Å². The predicted molar refractivity (Wildman–Crippen MR) is 78.9 cm³/mol. The van der Waals surface area contributed by atoms with Crippen molar-refractivity contribution in [3.63, 3.8) is 0 Å². The molecule has 1 rings (SSSR count). The van der Waals surface area contributed by atoms with Gasteiger partial charge in [0.05, 0.1) is 7.11 Å². The molecule has 6 heteroatoms. The Balaban J connectivity index is 2.66. The van der Waals surface area contributed by atoms with Gasteiger partial charge in [0.1, 0.15) is 6.04 Å². The van der Waals surface area contributed by atoms with E-state index < -0.39 is 18.0 Å². The molecule has 0 bridgehead atoms. The monoisotopic (exact) mass is 298 g/mol. The van der Waals surface area contributed by atoms with Gasteiger partial charge in [-0.25, -0.2) is 9.59 Å². The van der Waals surface area contributed by atoms with Crippen molar-refractivity contribution in [2.75, 3.05) is 12.4 Å². The van der Waals surface area contributed by atoms with Crippen LogP contribution < -0.4 is 10.6 Å². The van der Waals surface area contributed by atoms with E-state index >= 15 is 0 Å². The quantitative estimate of drug-likeness (QED) is 0.821. The number of ether oxygens (including phenoxy) is 1. The van der Waals surface area contributed by atoms with Crippen LogP contribution in [0, 0.1) is 5.92 Å². The molecule has 110 valence electrons. The molecule has 0 spiro atoms. The Morgan fingerprint density at radius 2 is 1.90 bits per heavy atom. The summed E-state index contributed by atoms with van der Waals surface area (Å²) in [6.45, 7) is 3.82.